The zero-order chi connectivity index (χ0) is 15.9. The first-order valence-corrected chi connectivity index (χ1v) is 7.55. The molecule has 6 nitrogen and oxygen atoms in total. The van der Waals surface area contributed by atoms with Gasteiger partial charge >= 0.3 is 0 Å². The molecule has 0 aliphatic heterocycles. The van der Waals surface area contributed by atoms with Gasteiger partial charge in [-0.3, -0.25) is 4.79 Å². The SMILES string of the molecule is COc1nccnc1OC1CCC(NC(=O)C=C(C)C)CC1. The zero-order valence-electron chi connectivity index (χ0n) is 13.3. The quantitative estimate of drug-likeness (QED) is 0.845. The van der Waals surface area contributed by atoms with Gasteiger partial charge < -0.3 is 14.8 Å². The van der Waals surface area contributed by atoms with Crippen LogP contribution in [0.15, 0.2) is 24.0 Å². The normalized spacial score (nSPS) is 20.9. The van der Waals surface area contributed by atoms with Gasteiger partial charge in [-0.05, 0) is 39.5 Å². The monoisotopic (exact) mass is 305 g/mol. The first-order chi connectivity index (χ1) is 10.6. The molecule has 0 unspecified atom stereocenters. The van der Waals surface area contributed by atoms with Gasteiger partial charge in [0.25, 0.3) is 11.8 Å². The predicted molar refractivity (Wildman–Crippen MR) is 82.8 cm³/mol. The van der Waals surface area contributed by atoms with Crippen LogP contribution in [0.5, 0.6) is 11.8 Å². The second kappa shape index (κ2) is 7.77. The highest BCUT2D eigenvalue weighted by Gasteiger charge is 2.24. The maximum atomic E-state index is 11.7. The molecule has 1 N–H and O–H groups in total. The Labute approximate surface area is 130 Å². The molecule has 6 heteroatoms. The molecule has 2 rings (SSSR count). The molecule has 1 heterocycles. The molecular formula is C16H23N3O3. The molecule has 120 valence electrons. The fraction of sp³-hybridized carbons (Fsp3) is 0.562. The van der Waals surface area contributed by atoms with Crippen molar-refractivity contribution in [3.05, 3.63) is 24.0 Å². The Bertz CT molecular complexity index is 533. The van der Waals surface area contributed by atoms with Gasteiger partial charge in [-0.15, -0.1) is 0 Å². The maximum absolute atomic E-state index is 11.7. The molecule has 1 aliphatic carbocycles. The van der Waals surface area contributed by atoms with E-state index in [0.717, 1.165) is 31.3 Å². The summed E-state index contributed by atoms with van der Waals surface area (Å²) < 4.78 is 11.0. The smallest absolute Gasteiger partial charge is 0.278 e. The first kappa shape index (κ1) is 16.3. The van der Waals surface area contributed by atoms with Crippen LogP contribution in [0.3, 0.4) is 0 Å². The largest absolute Gasteiger partial charge is 0.477 e. The topological polar surface area (TPSA) is 73.3 Å². The average molecular weight is 305 g/mol. The molecule has 0 saturated heterocycles. The summed E-state index contributed by atoms with van der Waals surface area (Å²) in [6, 6.07) is 0.215. The van der Waals surface area contributed by atoms with Gasteiger partial charge in [0.2, 0.25) is 5.91 Å². The third-order valence-corrected chi connectivity index (χ3v) is 3.55. The highest BCUT2D eigenvalue weighted by atomic mass is 16.5. The van der Waals surface area contributed by atoms with Crippen LogP contribution >= 0.6 is 0 Å². The van der Waals surface area contributed by atoms with E-state index in [1.807, 2.05) is 13.8 Å². The summed E-state index contributed by atoms with van der Waals surface area (Å²) in [5.41, 5.74) is 1.00. The Morgan fingerprint density at radius 1 is 1.18 bits per heavy atom. The van der Waals surface area contributed by atoms with Crippen molar-refractivity contribution in [2.24, 2.45) is 0 Å². The van der Waals surface area contributed by atoms with E-state index in [4.69, 9.17) is 9.47 Å². The number of nitrogens with zero attached hydrogens (tertiary/aromatic N) is 2. The van der Waals surface area contributed by atoms with E-state index in [2.05, 4.69) is 15.3 Å². The van der Waals surface area contributed by atoms with Crippen molar-refractivity contribution in [1.82, 2.24) is 15.3 Å². The molecule has 22 heavy (non-hydrogen) atoms. The lowest BCUT2D eigenvalue weighted by Crippen LogP contribution is -2.39. The molecule has 1 aromatic heterocycles. The van der Waals surface area contributed by atoms with Crippen molar-refractivity contribution in [1.29, 1.82) is 0 Å². The van der Waals surface area contributed by atoms with E-state index in [9.17, 15) is 4.79 Å². The number of amides is 1. The van der Waals surface area contributed by atoms with Crippen LogP contribution in [0.25, 0.3) is 0 Å². The molecule has 1 amide bonds. The van der Waals surface area contributed by atoms with Crippen LogP contribution in [0.2, 0.25) is 0 Å². The Morgan fingerprint density at radius 2 is 1.82 bits per heavy atom. The number of nitrogens with one attached hydrogen (secondary N) is 1. The summed E-state index contributed by atoms with van der Waals surface area (Å²) in [5.74, 6) is 0.823. The van der Waals surface area contributed by atoms with E-state index < -0.39 is 0 Å². The summed E-state index contributed by atoms with van der Waals surface area (Å²) in [4.78, 5) is 20.0. The number of allylic oxidation sites excluding steroid dienone is 1. The Morgan fingerprint density at radius 3 is 2.41 bits per heavy atom. The number of hydrogen-bond acceptors (Lipinski definition) is 5. The molecule has 1 aliphatic rings. The standard InChI is InChI=1S/C16H23N3O3/c1-11(2)10-14(20)19-12-4-6-13(7-5-12)22-16-15(21-3)17-8-9-18-16/h8-10,12-13H,4-7H2,1-3H3,(H,19,20). The predicted octanol–water partition coefficient (Wildman–Crippen LogP) is 2.26. The van der Waals surface area contributed by atoms with Gasteiger partial charge in [-0.25, -0.2) is 9.97 Å². The minimum atomic E-state index is -0.0139. The lowest BCUT2D eigenvalue weighted by molar-refractivity contribution is -0.117. The summed E-state index contributed by atoms with van der Waals surface area (Å²) in [6.45, 7) is 3.83. The average Bonchev–Trinajstić information content (AvgIpc) is 2.49. The fourth-order valence-corrected chi connectivity index (χ4v) is 2.52. The molecule has 0 aromatic carbocycles. The van der Waals surface area contributed by atoms with Crippen LogP contribution in [0.1, 0.15) is 39.5 Å². The summed E-state index contributed by atoms with van der Waals surface area (Å²) in [7, 11) is 1.55. The van der Waals surface area contributed by atoms with Crippen LogP contribution in [-0.4, -0.2) is 35.1 Å². The van der Waals surface area contributed by atoms with Gasteiger partial charge in [0.1, 0.15) is 6.10 Å². The lowest BCUT2D eigenvalue weighted by atomic mass is 9.93. The molecule has 1 fully saturated rings. The number of methoxy groups -OCH3 is 1. The number of rotatable bonds is 5. The van der Waals surface area contributed by atoms with Crippen molar-refractivity contribution in [3.63, 3.8) is 0 Å². The zero-order valence-corrected chi connectivity index (χ0v) is 13.3. The van der Waals surface area contributed by atoms with E-state index in [1.165, 1.54) is 0 Å². The number of carbonyl (C=O) groups is 1. The van der Waals surface area contributed by atoms with Crippen molar-refractivity contribution in [2.45, 2.75) is 51.7 Å². The van der Waals surface area contributed by atoms with E-state index in [0.29, 0.717) is 11.8 Å². The van der Waals surface area contributed by atoms with E-state index in [-0.39, 0.29) is 18.1 Å². The fourth-order valence-electron chi connectivity index (χ4n) is 2.52. The summed E-state index contributed by atoms with van der Waals surface area (Å²) in [6.07, 6.45) is 8.42. The molecule has 1 saturated carbocycles. The highest BCUT2D eigenvalue weighted by molar-refractivity contribution is 5.88. The molecule has 0 spiro atoms. The van der Waals surface area contributed by atoms with E-state index >= 15 is 0 Å². The number of ether oxygens (including phenoxy) is 2. The molecule has 0 bridgehead atoms. The first-order valence-electron chi connectivity index (χ1n) is 7.55. The van der Waals surface area contributed by atoms with Crippen molar-refractivity contribution in [2.75, 3.05) is 7.11 Å². The van der Waals surface area contributed by atoms with Crippen molar-refractivity contribution in [3.8, 4) is 11.8 Å². The van der Waals surface area contributed by atoms with Gasteiger partial charge in [0, 0.05) is 24.5 Å². The molecule has 0 radical (unpaired) electrons. The summed E-state index contributed by atoms with van der Waals surface area (Å²) >= 11 is 0. The number of hydrogen-bond donors (Lipinski definition) is 1. The van der Waals surface area contributed by atoms with Gasteiger partial charge in [-0.1, -0.05) is 5.57 Å². The minimum Gasteiger partial charge on any atom is -0.477 e. The van der Waals surface area contributed by atoms with Gasteiger partial charge in [-0.2, -0.15) is 0 Å². The Kier molecular flexibility index (Phi) is 5.75. The van der Waals surface area contributed by atoms with Crippen LogP contribution in [0.4, 0.5) is 0 Å². The van der Waals surface area contributed by atoms with Crippen molar-refractivity contribution >= 4 is 5.91 Å². The third-order valence-electron chi connectivity index (χ3n) is 3.55. The van der Waals surface area contributed by atoms with E-state index in [1.54, 1.807) is 25.6 Å². The van der Waals surface area contributed by atoms with Crippen LogP contribution in [0, 0.1) is 0 Å². The van der Waals surface area contributed by atoms with Gasteiger partial charge in [0.15, 0.2) is 0 Å². The molecule has 0 atom stereocenters. The Hall–Kier alpha value is -2.11. The third kappa shape index (κ3) is 4.72. The lowest BCUT2D eigenvalue weighted by Gasteiger charge is -2.29. The maximum Gasteiger partial charge on any atom is 0.278 e. The van der Waals surface area contributed by atoms with Gasteiger partial charge in [0.05, 0.1) is 7.11 Å². The highest BCUT2D eigenvalue weighted by Crippen LogP contribution is 2.27. The van der Waals surface area contributed by atoms with Crippen LogP contribution < -0.4 is 14.8 Å². The summed E-state index contributed by atoms with van der Waals surface area (Å²) in [5, 5.41) is 3.03. The molecular weight excluding hydrogens is 282 g/mol. The van der Waals surface area contributed by atoms with Crippen molar-refractivity contribution < 1.29 is 14.3 Å². The number of carbonyl (C=O) groups excluding carboxylic acids is 1. The second-order valence-corrected chi connectivity index (χ2v) is 5.69. The molecule has 1 aromatic rings. The Balaban J connectivity index is 1.82. The second-order valence-electron chi connectivity index (χ2n) is 5.69. The number of aromatic nitrogens is 2. The minimum absolute atomic E-state index is 0.0139. The van der Waals surface area contributed by atoms with Crippen LogP contribution in [-0.2, 0) is 4.79 Å².